The molecular weight excluding hydrogens is 370 g/mol. The number of nitrogens with zero attached hydrogens (tertiary/aromatic N) is 2. The summed E-state index contributed by atoms with van der Waals surface area (Å²) in [6.07, 6.45) is 1.81. The average molecular weight is 396 g/mol. The second kappa shape index (κ2) is 8.78. The van der Waals surface area contributed by atoms with Crippen LogP contribution >= 0.6 is 0 Å². The molecule has 4 aromatic rings. The Morgan fingerprint density at radius 3 is 2.23 bits per heavy atom. The van der Waals surface area contributed by atoms with E-state index in [9.17, 15) is 4.79 Å². The lowest BCUT2D eigenvalue weighted by atomic mass is 10.0. The Hall–Kier alpha value is -3.66. The second-order valence-corrected chi connectivity index (χ2v) is 7.56. The molecule has 0 aliphatic heterocycles. The van der Waals surface area contributed by atoms with Gasteiger partial charge in [0.2, 0.25) is 0 Å². The minimum Gasteiger partial charge on any atom is -0.351 e. The molecule has 0 fully saturated rings. The molecule has 4 rings (SSSR count). The van der Waals surface area contributed by atoms with Crippen molar-refractivity contribution in [2.75, 3.05) is 6.54 Å². The van der Waals surface area contributed by atoms with Crippen LogP contribution in [0.25, 0.3) is 16.9 Å². The van der Waals surface area contributed by atoms with Gasteiger partial charge >= 0.3 is 0 Å². The number of hydrogen-bond acceptors (Lipinski definition) is 2. The fourth-order valence-electron chi connectivity index (χ4n) is 3.42. The second-order valence-electron chi connectivity index (χ2n) is 7.56. The summed E-state index contributed by atoms with van der Waals surface area (Å²) >= 11 is 0. The van der Waals surface area contributed by atoms with Crippen LogP contribution in [-0.4, -0.2) is 22.2 Å². The Balaban J connectivity index is 1.62. The first-order chi connectivity index (χ1) is 14.6. The molecule has 0 saturated carbocycles. The van der Waals surface area contributed by atoms with Gasteiger partial charge in [0.1, 0.15) is 5.69 Å². The van der Waals surface area contributed by atoms with E-state index >= 15 is 0 Å². The van der Waals surface area contributed by atoms with Crippen molar-refractivity contribution in [3.8, 4) is 16.9 Å². The van der Waals surface area contributed by atoms with E-state index in [4.69, 9.17) is 5.10 Å². The van der Waals surface area contributed by atoms with E-state index in [-0.39, 0.29) is 11.8 Å². The number of carbonyl (C=O) groups is 1. The van der Waals surface area contributed by atoms with Crippen LogP contribution in [0.1, 0.15) is 34.3 Å². The SMILES string of the molecule is Cc1ccc(-c2nn(-c3ccccc3)cc2C(=O)NCC(C)c2ccccc2)cc1. The Labute approximate surface area is 177 Å². The maximum Gasteiger partial charge on any atom is 0.255 e. The first kappa shape index (κ1) is 19.6. The van der Waals surface area contributed by atoms with Crippen LogP contribution in [-0.2, 0) is 0 Å². The molecule has 3 aromatic carbocycles. The molecule has 0 spiro atoms. The lowest BCUT2D eigenvalue weighted by molar-refractivity contribution is 0.0952. The van der Waals surface area contributed by atoms with E-state index in [2.05, 4.69) is 24.4 Å². The van der Waals surface area contributed by atoms with Crippen LogP contribution in [0.5, 0.6) is 0 Å². The number of aryl methyl sites for hydroxylation is 1. The highest BCUT2D eigenvalue weighted by Crippen LogP contribution is 2.24. The van der Waals surface area contributed by atoms with Crippen molar-refractivity contribution >= 4 is 5.91 Å². The molecule has 0 radical (unpaired) electrons. The fourth-order valence-corrected chi connectivity index (χ4v) is 3.42. The van der Waals surface area contributed by atoms with E-state index in [1.807, 2.05) is 85.9 Å². The highest BCUT2D eigenvalue weighted by atomic mass is 16.1. The van der Waals surface area contributed by atoms with Gasteiger partial charge in [-0.2, -0.15) is 5.10 Å². The number of benzene rings is 3. The van der Waals surface area contributed by atoms with Crippen LogP contribution < -0.4 is 5.32 Å². The standard InChI is InChI=1S/C26H25N3O/c1-19-13-15-22(16-14-19)25-24(18-29(28-25)23-11-7-4-8-12-23)26(30)27-17-20(2)21-9-5-3-6-10-21/h3-16,18,20H,17H2,1-2H3,(H,27,30). The highest BCUT2D eigenvalue weighted by molar-refractivity contribution is 6.00. The zero-order valence-electron chi connectivity index (χ0n) is 17.2. The molecular formula is C26H25N3O. The number of hydrogen-bond donors (Lipinski definition) is 1. The summed E-state index contributed by atoms with van der Waals surface area (Å²) in [5, 5.41) is 7.83. The number of aromatic nitrogens is 2. The van der Waals surface area contributed by atoms with Gasteiger partial charge in [0.05, 0.1) is 11.3 Å². The van der Waals surface area contributed by atoms with Crippen molar-refractivity contribution in [3.05, 3.63) is 108 Å². The fraction of sp³-hybridized carbons (Fsp3) is 0.154. The molecule has 0 bridgehead atoms. The van der Waals surface area contributed by atoms with E-state index in [0.29, 0.717) is 17.8 Å². The zero-order valence-corrected chi connectivity index (χ0v) is 17.2. The van der Waals surface area contributed by atoms with Crippen molar-refractivity contribution in [2.45, 2.75) is 19.8 Å². The third kappa shape index (κ3) is 4.33. The monoisotopic (exact) mass is 395 g/mol. The predicted octanol–water partition coefficient (Wildman–Crippen LogP) is 5.38. The number of nitrogens with one attached hydrogen (secondary N) is 1. The summed E-state index contributed by atoms with van der Waals surface area (Å²) < 4.78 is 1.77. The molecule has 1 unspecified atom stereocenters. The molecule has 30 heavy (non-hydrogen) atoms. The van der Waals surface area contributed by atoms with Gasteiger partial charge in [-0.05, 0) is 30.5 Å². The number of amides is 1. The lowest BCUT2D eigenvalue weighted by Crippen LogP contribution is -2.27. The van der Waals surface area contributed by atoms with Crippen LogP contribution in [0.3, 0.4) is 0 Å². The average Bonchev–Trinajstić information content (AvgIpc) is 3.24. The van der Waals surface area contributed by atoms with E-state index < -0.39 is 0 Å². The maximum atomic E-state index is 13.1. The molecule has 1 N–H and O–H groups in total. The molecule has 4 nitrogen and oxygen atoms in total. The normalized spacial score (nSPS) is 11.8. The first-order valence-corrected chi connectivity index (χ1v) is 10.2. The van der Waals surface area contributed by atoms with Gasteiger partial charge in [-0.15, -0.1) is 0 Å². The molecule has 0 aliphatic rings. The molecule has 4 heteroatoms. The summed E-state index contributed by atoms with van der Waals surface area (Å²) in [6.45, 7) is 4.72. The molecule has 1 aromatic heterocycles. The molecule has 0 aliphatic carbocycles. The number of rotatable bonds is 6. The smallest absolute Gasteiger partial charge is 0.255 e. The molecule has 1 amide bonds. The largest absolute Gasteiger partial charge is 0.351 e. The van der Waals surface area contributed by atoms with Crippen LogP contribution in [0.4, 0.5) is 0 Å². The van der Waals surface area contributed by atoms with Crippen molar-refractivity contribution in [3.63, 3.8) is 0 Å². The van der Waals surface area contributed by atoms with Gasteiger partial charge in [0, 0.05) is 18.3 Å². The van der Waals surface area contributed by atoms with E-state index in [1.165, 1.54) is 11.1 Å². The van der Waals surface area contributed by atoms with Crippen molar-refractivity contribution < 1.29 is 4.79 Å². The molecule has 1 atom stereocenters. The molecule has 0 saturated heterocycles. The predicted molar refractivity (Wildman–Crippen MR) is 121 cm³/mol. The van der Waals surface area contributed by atoms with Gasteiger partial charge < -0.3 is 5.32 Å². The summed E-state index contributed by atoms with van der Waals surface area (Å²) in [7, 11) is 0. The number of carbonyl (C=O) groups excluding carboxylic acids is 1. The first-order valence-electron chi connectivity index (χ1n) is 10.2. The minimum absolute atomic E-state index is 0.115. The van der Waals surface area contributed by atoms with Crippen LogP contribution in [0.2, 0.25) is 0 Å². The van der Waals surface area contributed by atoms with Gasteiger partial charge in [-0.3, -0.25) is 4.79 Å². The minimum atomic E-state index is -0.115. The molecule has 150 valence electrons. The summed E-state index contributed by atoms with van der Waals surface area (Å²) in [5.74, 6) is 0.109. The van der Waals surface area contributed by atoms with Crippen molar-refractivity contribution in [1.82, 2.24) is 15.1 Å². The maximum absolute atomic E-state index is 13.1. The summed E-state index contributed by atoms with van der Waals surface area (Å²) in [6, 6.07) is 28.2. The summed E-state index contributed by atoms with van der Waals surface area (Å²) in [4.78, 5) is 13.1. The zero-order chi connectivity index (χ0) is 20.9. The van der Waals surface area contributed by atoms with Crippen molar-refractivity contribution in [1.29, 1.82) is 0 Å². The Bertz CT molecular complexity index is 1120. The Morgan fingerprint density at radius 2 is 1.57 bits per heavy atom. The van der Waals surface area contributed by atoms with Gasteiger partial charge in [0.25, 0.3) is 5.91 Å². The van der Waals surface area contributed by atoms with Crippen molar-refractivity contribution in [2.24, 2.45) is 0 Å². The van der Waals surface area contributed by atoms with Gasteiger partial charge in [-0.25, -0.2) is 4.68 Å². The Morgan fingerprint density at radius 1 is 0.933 bits per heavy atom. The third-order valence-corrected chi connectivity index (χ3v) is 5.24. The van der Waals surface area contributed by atoms with E-state index in [0.717, 1.165) is 11.3 Å². The highest BCUT2D eigenvalue weighted by Gasteiger charge is 2.19. The van der Waals surface area contributed by atoms with Gasteiger partial charge in [0.15, 0.2) is 0 Å². The third-order valence-electron chi connectivity index (χ3n) is 5.24. The molecule has 1 heterocycles. The van der Waals surface area contributed by atoms with Gasteiger partial charge in [-0.1, -0.05) is 85.3 Å². The van der Waals surface area contributed by atoms with E-state index in [1.54, 1.807) is 4.68 Å². The lowest BCUT2D eigenvalue weighted by Gasteiger charge is -2.13. The summed E-state index contributed by atoms with van der Waals surface area (Å²) in [5.41, 5.74) is 5.48. The Kier molecular flexibility index (Phi) is 5.75. The van der Waals surface area contributed by atoms with Crippen LogP contribution in [0.15, 0.2) is 91.1 Å². The van der Waals surface area contributed by atoms with Crippen LogP contribution in [0, 0.1) is 6.92 Å². The quantitative estimate of drug-likeness (QED) is 0.476. The topological polar surface area (TPSA) is 46.9 Å². The number of para-hydroxylation sites is 1.